The van der Waals surface area contributed by atoms with Crippen molar-refractivity contribution < 1.29 is 4.74 Å². The highest BCUT2D eigenvalue weighted by Gasteiger charge is 2.20. The third-order valence-corrected chi connectivity index (χ3v) is 3.50. The van der Waals surface area contributed by atoms with Gasteiger partial charge in [0.05, 0.1) is 18.9 Å². The molecule has 1 aromatic heterocycles. The summed E-state index contributed by atoms with van der Waals surface area (Å²) in [5, 5.41) is 3.40. The molecule has 1 aromatic rings. The zero-order valence-electron chi connectivity index (χ0n) is 9.41. The smallest absolute Gasteiger partial charge is 0.115 e. The first-order valence-corrected chi connectivity index (χ1v) is 6.03. The van der Waals surface area contributed by atoms with E-state index in [1.165, 1.54) is 23.4 Å². The summed E-state index contributed by atoms with van der Waals surface area (Å²) in [4.78, 5) is 8.78. The van der Waals surface area contributed by atoms with Crippen molar-refractivity contribution in [1.29, 1.82) is 0 Å². The Kier molecular flexibility index (Phi) is 2.84. The van der Waals surface area contributed by atoms with Gasteiger partial charge in [-0.2, -0.15) is 0 Å². The minimum absolute atomic E-state index is 0.700. The largest absolute Gasteiger partial charge is 0.376 e. The molecule has 0 bridgehead atoms. The number of nitrogens with zero attached hydrogens (tertiary/aromatic N) is 2. The van der Waals surface area contributed by atoms with Gasteiger partial charge in [0.1, 0.15) is 6.33 Å². The molecule has 4 nitrogen and oxygen atoms in total. The number of hydrogen-bond acceptors (Lipinski definition) is 4. The molecule has 1 atom stereocenters. The molecule has 4 heteroatoms. The van der Waals surface area contributed by atoms with Crippen molar-refractivity contribution in [3.8, 4) is 0 Å². The van der Waals surface area contributed by atoms with Crippen molar-refractivity contribution in [1.82, 2.24) is 15.3 Å². The second-order valence-corrected chi connectivity index (χ2v) is 4.61. The van der Waals surface area contributed by atoms with E-state index in [1.54, 1.807) is 6.33 Å². The summed E-state index contributed by atoms with van der Waals surface area (Å²) in [5.41, 5.74) is 3.65. The highest BCUT2D eigenvalue weighted by atomic mass is 16.5. The number of rotatable bonds is 2. The maximum absolute atomic E-state index is 5.51. The minimum Gasteiger partial charge on any atom is -0.376 e. The molecule has 2 aliphatic heterocycles. The average Bonchev–Trinajstić information content (AvgIpc) is 2.82. The van der Waals surface area contributed by atoms with Crippen molar-refractivity contribution in [2.45, 2.75) is 25.9 Å². The lowest BCUT2D eigenvalue weighted by atomic mass is 9.97. The van der Waals surface area contributed by atoms with Gasteiger partial charge in [-0.3, -0.25) is 0 Å². The number of aromatic nitrogens is 2. The standard InChI is InChI=1S/C12H17N3O/c1-3-13-6-9(1)5-12-10-7-16-4-2-11(10)14-8-15-12/h8-9,13H,1-7H2. The second kappa shape index (κ2) is 4.47. The molecular weight excluding hydrogens is 202 g/mol. The van der Waals surface area contributed by atoms with Crippen LogP contribution in [0.1, 0.15) is 23.4 Å². The Hall–Kier alpha value is -1.00. The van der Waals surface area contributed by atoms with Crippen LogP contribution >= 0.6 is 0 Å². The molecule has 16 heavy (non-hydrogen) atoms. The Morgan fingerprint density at radius 1 is 1.44 bits per heavy atom. The van der Waals surface area contributed by atoms with E-state index < -0.39 is 0 Å². The topological polar surface area (TPSA) is 47.0 Å². The van der Waals surface area contributed by atoms with E-state index in [0.717, 1.165) is 38.5 Å². The minimum atomic E-state index is 0.700. The van der Waals surface area contributed by atoms with Gasteiger partial charge >= 0.3 is 0 Å². The molecular formula is C12H17N3O. The Morgan fingerprint density at radius 3 is 3.31 bits per heavy atom. The van der Waals surface area contributed by atoms with E-state index in [2.05, 4.69) is 15.3 Å². The van der Waals surface area contributed by atoms with Gasteiger partial charge in [-0.05, 0) is 31.8 Å². The summed E-state index contributed by atoms with van der Waals surface area (Å²) < 4.78 is 5.51. The lowest BCUT2D eigenvalue weighted by Gasteiger charge is -2.19. The van der Waals surface area contributed by atoms with Crippen LogP contribution < -0.4 is 5.32 Å². The van der Waals surface area contributed by atoms with Crippen LogP contribution in [0.5, 0.6) is 0 Å². The van der Waals surface area contributed by atoms with Gasteiger partial charge in [0.15, 0.2) is 0 Å². The van der Waals surface area contributed by atoms with E-state index in [9.17, 15) is 0 Å². The fraction of sp³-hybridized carbons (Fsp3) is 0.667. The van der Waals surface area contributed by atoms with E-state index in [1.807, 2.05) is 0 Å². The van der Waals surface area contributed by atoms with Gasteiger partial charge in [0.2, 0.25) is 0 Å². The molecule has 2 aliphatic rings. The van der Waals surface area contributed by atoms with Crippen LogP contribution in [-0.4, -0.2) is 29.7 Å². The molecule has 1 N–H and O–H groups in total. The SMILES string of the molecule is c1nc2c(c(CC3CCNC3)n1)COCC2. The normalized spacial score (nSPS) is 24.4. The second-order valence-electron chi connectivity index (χ2n) is 4.61. The molecule has 3 rings (SSSR count). The predicted molar refractivity (Wildman–Crippen MR) is 60.1 cm³/mol. The first-order chi connectivity index (χ1) is 7.93. The Labute approximate surface area is 95.4 Å². The van der Waals surface area contributed by atoms with E-state index in [4.69, 9.17) is 4.74 Å². The van der Waals surface area contributed by atoms with Crippen LogP contribution in [0.2, 0.25) is 0 Å². The summed E-state index contributed by atoms with van der Waals surface area (Å²) in [6.07, 6.45) is 4.98. The van der Waals surface area contributed by atoms with Crippen LogP contribution in [-0.2, 0) is 24.2 Å². The molecule has 0 saturated carbocycles. The molecule has 1 unspecified atom stereocenters. The summed E-state index contributed by atoms with van der Waals surface area (Å²) in [6.45, 7) is 3.77. The van der Waals surface area contributed by atoms with Gasteiger partial charge in [-0.15, -0.1) is 0 Å². The summed E-state index contributed by atoms with van der Waals surface area (Å²) in [7, 11) is 0. The molecule has 0 aromatic carbocycles. The molecule has 86 valence electrons. The van der Waals surface area contributed by atoms with E-state index in [0.29, 0.717) is 6.61 Å². The number of fused-ring (bicyclic) bond motifs is 1. The van der Waals surface area contributed by atoms with Gasteiger partial charge in [0, 0.05) is 17.7 Å². The summed E-state index contributed by atoms with van der Waals surface area (Å²) in [6, 6.07) is 0. The Morgan fingerprint density at radius 2 is 2.44 bits per heavy atom. The molecule has 1 fully saturated rings. The van der Waals surface area contributed by atoms with Gasteiger partial charge in [0.25, 0.3) is 0 Å². The lowest BCUT2D eigenvalue weighted by molar-refractivity contribution is 0.108. The maximum Gasteiger partial charge on any atom is 0.115 e. The Bertz CT molecular complexity index is 375. The molecule has 0 radical (unpaired) electrons. The van der Waals surface area contributed by atoms with Crippen molar-refractivity contribution in [2.75, 3.05) is 19.7 Å². The monoisotopic (exact) mass is 219 g/mol. The Balaban J connectivity index is 1.82. The molecule has 3 heterocycles. The fourth-order valence-corrected chi connectivity index (χ4v) is 2.55. The quantitative estimate of drug-likeness (QED) is 0.795. The van der Waals surface area contributed by atoms with Crippen molar-refractivity contribution in [3.63, 3.8) is 0 Å². The molecule has 1 saturated heterocycles. The van der Waals surface area contributed by atoms with Crippen LogP contribution in [0.25, 0.3) is 0 Å². The predicted octanol–water partition coefficient (Wildman–Crippen LogP) is 0.701. The fourth-order valence-electron chi connectivity index (χ4n) is 2.55. The molecule has 0 spiro atoms. The van der Waals surface area contributed by atoms with Crippen LogP contribution in [0, 0.1) is 5.92 Å². The first kappa shape index (κ1) is 10.2. The van der Waals surface area contributed by atoms with Crippen LogP contribution in [0.4, 0.5) is 0 Å². The number of hydrogen-bond donors (Lipinski definition) is 1. The highest BCUT2D eigenvalue weighted by molar-refractivity contribution is 5.26. The average molecular weight is 219 g/mol. The summed E-state index contributed by atoms with van der Waals surface area (Å²) in [5.74, 6) is 0.737. The maximum atomic E-state index is 5.51. The number of ether oxygens (including phenoxy) is 1. The van der Waals surface area contributed by atoms with Crippen molar-refractivity contribution >= 4 is 0 Å². The summed E-state index contributed by atoms with van der Waals surface area (Å²) >= 11 is 0. The van der Waals surface area contributed by atoms with Gasteiger partial charge in [-0.1, -0.05) is 0 Å². The lowest BCUT2D eigenvalue weighted by Crippen LogP contribution is -2.18. The van der Waals surface area contributed by atoms with Gasteiger partial charge < -0.3 is 10.1 Å². The van der Waals surface area contributed by atoms with Crippen LogP contribution in [0.3, 0.4) is 0 Å². The van der Waals surface area contributed by atoms with Gasteiger partial charge in [-0.25, -0.2) is 9.97 Å². The highest BCUT2D eigenvalue weighted by Crippen LogP contribution is 2.21. The van der Waals surface area contributed by atoms with Crippen LogP contribution in [0.15, 0.2) is 6.33 Å². The van der Waals surface area contributed by atoms with E-state index in [-0.39, 0.29) is 0 Å². The zero-order chi connectivity index (χ0) is 10.8. The third-order valence-electron chi connectivity index (χ3n) is 3.50. The van der Waals surface area contributed by atoms with Crippen molar-refractivity contribution in [3.05, 3.63) is 23.3 Å². The zero-order valence-corrected chi connectivity index (χ0v) is 9.41. The van der Waals surface area contributed by atoms with Crippen molar-refractivity contribution in [2.24, 2.45) is 5.92 Å². The van der Waals surface area contributed by atoms with E-state index >= 15 is 0 Å². The molecule has 0 amide bonds. The first-order valence-electron chi connectivity index (χ1n) is 6.03. The third kappa shape index (κ3) is 1.95. The number of nitrogens with one attached hydrogen (secondary N) is 1. The molecule has 0 aliphatic carbocycles.